The van der Waals surface area contributed by atoms with Crippen LogP contribution in [0.4, 0.5) is 0 Å². The third kappa shape index (κ3) is 3.13. The summed E-state index contributed by atoms with van der Waals surface area (Å²) in [7, 11) is 0. The number of nitrogens with zero attached hydrogens (tertiary/aromatic N) is 1. The number of rotatable bonds is 3. The highest BCUT2D eigenvalue weighted by atomic mass is 15.4. The first-order valence-corrected chi connectivity index (χ1v) is 4.38. The molecule has 0 atom stereocenters. The van der Waals surface area contributed by atoms with E-state index in [1.807, 2.05) is 0 Å². The van der Waals surface area contributed by atoms with Crippen LogP contribution < -0.4 is 11.6 Å². The molecule has 0 aliphatic heterocycles. The molecule has 0 aromatic carbocycles. The Morgan fingerprint density at radius 2 is 1.92 bits per heavy atom. The molecule has 3 nitrogen and oxygen atoms in total. The summed E-state index contributed by atoms with van der Waals surface area (Å²) in [4.78, 5) is 0. The van der Waals surface area contributed by atoms with Gasteiger partial charge in [0.1, 0.15) is 0 Å². The molecule has 72 valence electrons. The Kier molecular flexibility index (Phi) is 4.10. The van der Waals surface area contributed by atoms with E-state index in [1.165, 1.54) is 0 Å². The summed E-state index contributed by atoms with van der Waals surface area (Å²) < 4.78 is 0. The number of allylic oxidation sites excluding steroid dienone is 1. The van der Waals surface area contributed by atoms with Gasteiger partial charge in [0.2, 0.25) is 0 Å². The average molecular weight is 171 g/mol. The summed E-state index contributed by atoms with van der Waals surface area (Å²) >= 11 is 0. The van der Waals surface area contributed by atoms with Crippen molar-refractivity contribution in [1.82, 2.24) is 5.01 Å². The van der Waals surface area contributed by atoms with Gasteiger partial charge in [-0.2, -0.15) is 0 Å². The van der Waals surface area contributed by atoms with E-state index in [4.69, 9.17) is 11.6 Å². The highest BCUT2D eigenvalue weighted by Gasteiger charge is 2.20. The Labute approximate surface area is 75.4 Å². The van der Waals surface area contributed by atoms with E-state index in [0.29, 0.717) is 0 Å². The molecule has 0 saturated carbocycles. The van der Waals surface area contributed by atoms with E-state index >= 15 is 0 Å². The van der Waals surface area contributed by atoms with Crippen LogP contribution in [-0.2, 0) is 0 Å². The quantitative estimate of drug-likeness (QED) is 0.499. The summed E-state index contributed by atoms with van der Waals surface area (Å²) in [5, 5.41) is 1.72. The Morgan fingerprint density at radius 1 is 1.42 bits per heavy atom. The molecule has 0 bridgehead atoms. The van der Waals surface area contributed by atoms with Gasteiger partial charge in [-0.15, -0.1) is 0 Å². The molecular weight excluding hydrogens is 150 g/mol. The van der Waals surface area contributed by atoms with Gasteiger partial charge in [0.15, 0.2) is 0 Å². The smallest absolute Gasteiger partial charge is 0.0499 e. The number of nitrogens with two attached hydrogens (primary N) is 2. The molecule has 4 N–H and O–H groups in total. The fourth-order valence-corrected chi connectivity index (χ4v) is 1.14. The van der Waals surface area contributed by atoms with Gasteiger partial charge < -0.3 is 10.7 Å². The summed E-state index contributed by atoms with van der Waals surface area (Å²) in [5.74, 6) is 5.81. The van der Waals surface area contributed by atoms with E-state index in [1.54, 1.807) is 11.2 Å². The maximum absolute atomic E-state index is 5.81. The minimum Gasteiger partial charge on any atom is -0.403 e. The maximum atomic E-state index is 5.81. The van der Waals surface area contributed by atoms with Gasteiger partial charge in [0, 0.05) is 23.9 Å². The molecule has 0 fully saturated rings. The Morgan fingerprint density at radius 3 is 2.17 bits per heavy atom. The van der Waals surface area contributed by atoms with Crippen LogP contribution in [0, 0.1) is 5.41 Å². The molecule has 0 spiro atoms. The third-order valence-electron chi connectivity index (χ3n) is 1.70. The first kappa shape index (κ1) is 11.3. The van der Waals surface area contributed by atoms with Crippen LogP contribution in [0.2, 0.25) is 0 Å². The van der Waals surface area contributed by atoms with E-state index in [2.05, 4.69) is 27.7 Å². The van der Waals surface area contributed by atoms with Crippen LogP contribution >= 0.6 is 0 Å². The van der Waals surface area contributed by atoms with Crippen LogP contribution in [0.5, 0.6) is 0 Å². The van der Waals surface area contributed by atoms with Crippen molar-refractivity contribution in [2.75, 3.05) is 6.54 Å². The van der Waals surface area contributed by atoms with Crippen molar-refractivity contribution in [2.24, 2.45) is 17.0 Å². The van der Waals surface area contributed by atoms with Crippen molar-refractivity contribution in [3.05, 3.63) is 11.9 Å². The summed E-state index contributed by atoms with van der Waals surface area (Å²) in [6.07, 6.45) is 2.62. The second-order valence-electron chi connectivity index (χ2n) is 4.00. The Hall–Kier alpha value is -0.700. The standard InChI is InChI=1S/C9H21N3/c1-5-6-12(11)8(7-10)9(2,3)4/h7H,5-6,10-11H2,1-4H3/b8-7-. The molecule has 0 aliphatic carbocycles. The second kappa shape index (κ2) is 4.36. The van der Waals surface area contributed by atoms with Crippen molar-refractivity contribution >= 4 is 0 Å². The van der Waals surface area contributed by atoms with Gasteiger partial charge in [0.05, 0.1) is 0 Å². The highest BCUT2D eigenvalue weighted by Crippen LogP contribution is 2.25. The molecule has 0 aromatic heterocycles. The molecule has 0 aromatic rings. The lowest BCUT2D eigenvalue weighted by atomic mass is 9.92. The lowest BCUT2D eigenvalue weighted by Crippen LogP contribution is -2.37. The third-order valence-corrected chi connectivity index (χ3v) is 1.70. The van der Waals surface area contributed by atoms with Crippen molar-refractivity contribution in [2.45, 2.75) is 34.1 Å². The summed E-state index contributed by atoms with van der Waals surface area (Å²) in [5.41, 5.74) is 6.52. The minimum atomic E-state index is 0.0265. The monoisotopic (exact) mass is 171 g/mol. The summed E-state index contributed by atoms with van der Waals surface area (Å²) in [6, 6.07) is 0. The lowest BCUT2D eigenvalue weighted by Gasteiger charge is -2.30. The number of hydrogen-bond acceptors (Lipinski definition) is 3. The van der Waals surface area contributed by atoms with Gasteiger partial charge in [-0.25, -0.2) is 5.84 Å². The largest absolute Gasteiger partial charge is 0.403 e. The zero-order valence-corrected chi connectivity index (χ0v) is 8.59. The fraction of sp³-hybridized carbons (Fsp3) is 0.778. The van der Waals surface area contributed by atoms with E-state index in [9.17, 15) is 0 Å². The highest BCUT2D eigenvalue weighted by molar-refractivity contribution is 5.06. The predicted molar refractivity (Wildman–Crippen MR) is 52.9 cm³/mol. The molecule has 0 rings (SSSR count). The van der Waals surface area contributed by atoms with Crippen LogP contribution in [0.3, 0.4) is 0 Å². The van der Waals surface area contributed by atoms with Crippen molar-refractivity contribution < 1.29 is 0 Å². The Bertz CT molecular complexity index is 156. The molecular formula is C9H21N3. The predicted octanol–water partition coefficient (Wildman–Crippen LogP) is 1.42. The van der Waals surface area contributed by atoms with Gasteiger partial charge in [0.25, 0.3) is 0 Å². The van der Waals surface area contributed by atoms with Crippen LogP contribution in [0.1, 0.15) is 34.1 Å². The van der Waals surface area contributed by atoms with Crippen molar-refractivity contribution in [3.8, 4) is 0 Å². The van der Waals surface area contributed by atoms with Gasteiger partial charge in [-0.05, 0) is 6.42 Å². The normalized spacial score (nSPS) is 13.2. The average Bonchev–Trinajstić information content (AvgIpc) is 1.85. The topological polar surface area (TPSA) is 55.3 Å². The maximum Gasteiger partial charge on any atom is 0.0499 e. The molecule has 0 amide bonds. The van der Waals surface area contributed by atoms with Crippen LogP contribution in [-0.4, -0.2) is 11.6 Å². The second-order valence-corrected chi connectivity index (χ2v) is 4.00. The SMILES string of the molecule is CCCN(N)/C(=C\N)C(C)(C)C. The first-order valence-electron chi connectivity index (χ1n) is 4.38. The molecule has 3 heteroatoms. The Balaban J connectivity index is 4.37. The van der Waals surface area contributed by atoms with Crippen LogP contribution in [0.25, 0.3) is 0 Å². The van der Waals surface area contributed by atoms with Crippen molar-refractivity contribution in [1.29, 1.82) is 0 Å². The van der Waals surface area contributed by atoms with Gasteiger partial charge >= 0.3 is 0 Å². The van der Waals surface area contributed by atoms with E-state index < -0.39 is 0 Å². The number of hydrogen-bond donors (Lipinski definition) is 2. The van der Waals surface area contributed by atoms with Crippen LogP contribution in [0.15, 0.2) is 11.9 Å². The molecule has 0 saturated heterocycles. The van der Waals surface area contributed by atoms with Crippen molar-refractivity contribution in [3.63, 3.8) is 0 Å². The molecule has 0 heterocycles. The minimum absolute atomic E-state index is 0.0265. The van der Waals surface area contributed by atoms with Gasteiger partial charge in [-0.1, -0.05) is 27.7 Å². The zero-order chi connectivity index (χ0) is 9.78. The molecule has 0 unspecified atom stereocenters. The molecule has 0 radical (unpaired) electrons. The molecule has 0 aliphatic rings. The first-order chi connectivity index (χ1) is 5.43. The van der Waals surface area contributed by atoms with Gasteiger partial charge in [-0.3, -0.25) is 0 Å². The summed E-state index contributed by atoms with van der Waals surface area (Å²) in [6.45, 7) is 9.24. The number of hydrazine groups is 1. The fourth-order valence-electron chi connectivity index (χ4n) is 1.14. The lowest BCUT2D eigenvalue weighted by molar-refractivity contribution is 0.273. The zero-order valence-electron chi connectivity index (χ0n) is 8.59. The van der Waals surface area contributed by atoms with E-state index in [-0.39, 0.29) is 5.41 Å². The van der Waals surface area contributed by atoms with E-state index in [0.717, 1.165) is 18.7 Å². The molecule has 12 heavy (non-hydrogen) atoms.